The second kappa shape index (κ2) is 5.99. The van der Waals surface area contributed by atoms with Crippen LogP contribution in [0, 0.1) is 17.8 Å². The van der Waals surface area contributed by atoms with Gasteiger partial charge in [-0.3, -0.25) is 9.59 Å². The van der Waals surface area contributed by atoms with Crippen LogP contribution in [0.4, 0.5) is 11.4 Å². The minimum Gasteiger partial charge on any atom is -0.326 e. The van der Waals surface area contributed by atoms with Crippen molar-refractivity contribution in [2.75, 3.05) is 16.8 Å². The molecule has 1 aromatic carbocycles. The number of hydrogen-bond acceptors (Lipinski definition) is 2. The van der Waals surface area contributed by atoms with E-state index < -0.39 is 0 Å². The summed E-state index contributed by atoms with van der Waals surface area (Å²) in [4.78, 5) is 25.8. The fourth-order valence-electron chi connectivity index (χ4n) is 4.72. The molecule has 1 aliphatic heterocycles. The number of rotatable bonds is 4. The molecule has 2 saturated carbocycles. The number of amides is 2. The Bertz CT molecular complexity index is 610. The minimum atomic E-state index is 0.132. The van der Waals surface area contributed by atoms with Crippen LogP contribution < -0.4 is 10.2 Å². The summed E-state index contributed by atoms with van der Waals surface area (Å²) in [6.45, 7) is 0.800. The fraction of sp³-hybridized carbons (Fsp3) is 0.579. The van der Waals surface area contributed by atoms with Gasteiger partial charge >= 0.3 is 0 Å². The third-order valence-electron chi connectivity index (χ3n) is 5.87. The predicted octanol–water partition coefficient (Wildman–Crippen LogP) is 3.58. The molecule has 3 fully saturated rings. The fourth-order valence-corrected chi connectivity index (χ4v) is 4.72. The molecule has 0 spiro atoms. The van der Waals surface area contributed by atoms with Crippen molar-refractivity contribution in [3.8, 4) is 0 Å². The van der Waals surface area contributed by atoms with Crippen LogP contribution in [0.3, 0.4) is 0 Å². The largest absolute Gasteiger partial charge is 0.326 e. The van der Waals surface area contributed by atoms with Gasteiger partial charge in [-0.25, -0.2) is 0 Å². The Morgan fingerprint density at radius 1 is 1.17 bits per heavy atom. The van der Waals surface area contributed by atoms with Gasteiger partial charge in [0, 0.05) is 30.8 Å². The second-order valence-electron chi connectivity index (χ2n) is 7.38. The highest BCUT2D eigenvalue weighted by molar-refractivity contribution is 5.96. The smallest absolute Gasteiger partial charge is 0.227 e. The van der Waals surface area contributed by atoms with Crippen LogP contribution in [0.1, 0.15) is 44.9 Å². The van der Waals surface area contributed by atoms with Gasteiger partial charge in [0.15, 0.2) is 0 Å². The van der Waals surface area contributed by atoms with Crippen LogP contribution in [-0.2, 0) is 9.59 Å². The summed E-state index contributed by atoms with van der Waals surface area (Å²) in [5.74, 6) is 2.59. The molecule has 3 atom stereocenters. The molecular weight excluding hydrogens is 288 g/mol. The average Bonchev–Trinajstić information content (AvgIpc) is 3.25. The molecule has 1 heterocycles. The Labute approximate surface area is 137 Å². The molecule has 0 unspecified atom stereocenters. The molecule has 1 N–H and O–H groups in total. The molecule has 23 heavy (non-hydrogen) atoms. The zero-order valence-corrected chi connectivity index (χ0v) is 13.5. The second-order valence-corrected chi connectivity index (χ2v) is 7.38. The third kappa shape index (κ3) is 2.99. The first-order valence-electron chi connectivity index (χ1n) is 8.89. The summed E-state index contributed by atoms with van der Waals surface area (Å²) in [6, 6.07) is 7.66. The van der Waals surface area contributed by atoms with E-state index >= 15 is 0 Å². The van der Waals surface area contributed by atoms with Gasteiger partial charge in [-0.15, -0.1) is 0 Å². The van der Waals surface area contributed by atoms with E-state index in [-0.39, 0.29) is 11.8 Å². The van der Waals surface area contributed by atoms with Gasteiger partial charge < -0.3 is 10.2 Å². The lowest BCUT2D eigenvalue weighted by atomic mass is 9.86. The summed E-state index contributed by atoms with van der Waals surface area (Å²) in [7, 11) is 0. The van der Waals surface area contributed by atoms with E-state index in [9.17, 15) is 9.59 Å². The Morgan fingerprint density at radius 3 is 2.61 bits per heavy atom. The summed E-state index contributed by atoms with van der Waals surface area (Å²) in [5.41, 5.74) is 1.76. The average molecular weight is 312 g/mol. The SMILES string of the molecule is O=C(C[C@H]1C[C@H]2CC[C@@H]1C2)Nc1ccc(N2CCCC2=O)cc1. The summed E-state index contributed by atoms with van der Waals surface area (Å²) >= 11 is 0. The van der Waals surface area contributed by atoms with Crippen LogP contribution in [0.2, 0.25) is 0 Å². The van der Waals surface area contributed by atoms with E-state index in [2.05, 4.69) is 5.32 Å². The molecule has 3 aliphatic rings. The number of fused-ring (bicyclic) bond motifs is 2. The standard InChI is InChI=1S/C19H24N2O2/c22-18(12-15-11-13-3-4-14(15)10-13)20-16-5-7-17(8-6-16)21-9-1-2-19(21)23/h5-8,13-15H,1-4,9-12H2,(H,20,22)/t13-,14+,15+/m0/s1. The van der Waals surface area contributed by atoms with Crippen molar-refractivity contribution in [3.63, 3.8) is 0 Å². The van der Waals surface area contributed by atoms with Crippen molar-refractivity contribution < 1.29 is 9.59 Å². The molecule has 2 amide bonds. The summed E-state index contributed by atoms with van der Waals surface area (Å²) in [6.07, 6.45) is 7.52. The monoisotopic (exact) mass is 312 g/mol. The van der Waals surface area contributed by atoms with E-state index in [1.54, 1.807) is 0 Å². The van der Waals surface area contributed by atoms with Crippen molar-refractivity contribution in [3.05, 3.63) is 24.3 Å². The van der Waals surface area contributed by atoms with Gasteiger partial charge in [-0.05, 0) is 67.7 Å². The van der Waals surface area contributed by atoms with Gasteiger partial charge in [-0.2, -0.15) is 0 Å². The number of hydrogen-bond donors (Lipinski definition) is 1. The Hall–Kier alpha value is -1.84. The number of nitrogens with one attached hydrogen (secondary N) is 1. The van der Waals surface area contributed by atoms with Crippen molar-refractivity contribution in [2.45, 2.75) is 44.9 Å². The zero-order valence-electron chi connectivity index (χ0n) is 13.5. The Morgan fingerprint density at radius 2 is 2.00 bits per heavy atom. The molecule has 0 radical (unpaired) electrons. The van der Waals surface area contributed by atoms with Crippen molar-refractivity contribution in [1.29, 1.82) is 0 Å². The van der Waals surface area contributed by atoms with E-state index in [0.29, 0.717) is 18.8 Å². The first kappa shape index (κ1) is 14.7. The Kier molecular flexibility index (Phi) is 3.83. The van der Waals surface area contributed by atoms with Crippen molar-refractivity contribution >= 4 is 23.2 Å². The van der Waals surface area contributed by atoms with Crippen LogP contribution in [0.25, 0.3) is 0 Å². The molecule has 4 heteroatoms. The molecule has 1 saturated heterocycles. The highest BCUT2D eigenvalue weighted by atomic mass is 16.2. The van der Waals surface area contributed by atoms with Crippen LogP contribution >= 0.6 is 0 Å². The molecular formula is C19H24N2O2. The third-order valence-corrected chi connectivity index (χ3v) is 5.87. The normalized spacial score (nSPS) is 29.3. The Balaban J connectivity index is 1.33. The first-order valence-corrected chi connectivity index (χ1v) is 8.89. The van der Waals surface area contributed by atoms with Crippen LogP contribution in [0.15, 0.2) is 24.3 Å². The number of carbonyl (C=O) groups is 2. The van der Waals surface area contributed by atoms with Gasteiger partial charge in [0.2, 0.25) is 11.8 Å². The number of anilines is 2. The van der Waals surface area contributed by atoms with Gasteiger partial charge in [0.1, 0.15) is 0 Å². The molecule has 2 bridgehead atoms. The summed E-state index contributed by atoms with van der Waals surface area (Å²) in [5, 5.41) is 3.01. The molecule has 4 nitrogen and oxygen atoms in total. The molecule has 0 aromatic heterocycles. The van der Waals surface area contributed by atoms with E-state index in [0.717, 1.165) is 36.2 Å². The highest BCUT2D eigenvalue weighted by Crippen LogP contribution is 2.49. The molecule has 2 aliphatic carbocycles. The molecule has 122 valence electrons. The molecule has 4 rings (SSSR count). The van der Waals surface area contributed by atoms with E-state index in [4.69, 9.17) is 0 Å². The lowest BCUT2D eigenvalue weighted by Gasteiger charge is -2.21. The van der Waals surface area contributed by atoms with Gasteiger partial charge in [0.25, 0.3) is 0 Å². The van der Waals surface area contributed by atoms with Crippen molar-refractivity contribution in [2.24, 2.45) is 17.8 Å². The predicted molar refractivity (Wildman–Crippen MR) is 90.2 cm³/mol. The van der Waals surface area contributed by atoms with Gasteiger partial charge in [0.05, 0.1) is 0 Å². The van der Waals surface area contributed by atoms with Crippen molar-refractivity contribution in [1.82, 2.24) is 0 Å². The minimum absolute atomic E-state index is 0.132. The topological polar surface area (TPSA) is 49.4 Å². The zero-order chi connectivity index (χ0) is 15.8. The number of nitrogens with zero attached hydrogens (tertiary/aromatic N) is 1. The lowest BCUT2D eigenvalue weighted by Crippen LogP contribution is -2.23. The summed E-state index contributed by atoms with van der Waals surface area (Å²) < 4.78 is 0. The maximum atomic E-state index is 12.3. The lowest BCUT2D eigenvalue weighted by molar-refractivity contribution is -0.118. The number of carbonyl (C=O) groups excluding carboxylic acids is 2. The molecule has 1 aromatic rings. The van der Waals surface area contributed by atoms with Gasteiger partial charge in [-0.1, -0.05) is 6.42 Å². The van der Waals surface area contributed by atoms with E-state index in [1.165, 1.54) is 25.7 Å². The van der Waals surface area contributed by atoms with E-state index in [1.807, 2.05) is 29.2 Å². The highest BCUT2D eigenvalue weighted by Gasteiger charge is 2.40. The quantitative estimate of drug-likeness (QED) is 0.924. The first-order chi connectivity index (χ1) is 11.2. The maximum absolute atomic E-state index is 12.3. The number of benzene rings is 1. The maximum Gasteiger partial charge on any atom is 0.227 e. The van der Waals surface area contributed by atoms with Crippen LogP contribution in [0.5, 0.6) is 0 Å². The van der Waals surface area contributed by atoms with Crippen LogP contribution in [-0.4, -0.2) is 18.4 Å².